The minimum Gasteiger partial charge on any atom is -0.369 e. The molecule has 2 bridgehead atoms. The summed E-state index contributed by atoms with van der Waals surface area (Å²) in [6.07, 6.45) is 3.35. The van der Waals surface area contributed by atoms with Crippen molar-refractivity contribution in [2.45, 2.75) is 50.2 Å². The number of carbonyl (C=O) groups is 2. The summed E-state index contributed by atoms with van der Waals surface area (Å²) in [5.74, 6) is -1.42. The van der Waals surface area contributed by atoms with Gasteiger partial charge in [-0.05, 0) is 32.7 Å². The number of nitrogens with two attached hydrogens (primary N) is 1. The lowest BCUT2D eigenvalue weighted by Gasteiger charge is -2.40. The van der Waals surface area contributed by atoms with Gasteiger partial charge in [0.15, 0.2) is 6.17 Å². The number of nitrogens with zero attached hydrogens (tertiary/aromatic N) is 6. The molecule has 0 saturated carbocycles. The Hall–Kier alpha value is -2.45. The van der Waals surface area contributed by atoms with E-state index in [9.17, 15) is 18.9 Å². The van der Waals surface area contributed by atoms with Crippen LogP contribution in [0.1, 0.15) is 25.7 Å². The van der Waals surface area contributed by atoms with Gasteiger partial charge >= 0.3 is 0 Å². The van der Waals surface area contributed by atoms with Gasteiger partial charge in [0, 0.05) is 70.5 Å². The number of alkyl halides is 1. The Bertz CT molecular complexity index is 1080. The summed E-state index contributed by atoms with van der Waals surface area (Å²) < 4.78 is 13.9. The molecule has 4 N–H and O–H groups in total. The molecule has 1 aromatic rings. The average molecular weight is 580 g/mol. The van der Waals surface area contributed by atoms with Crippen LogP contribution in [-0.2, 0) is 9.59 Å². The van der Waals surface area contributed by atoms with Crippen LogP contribution in [0.3, 0.4) is 0 Å². The maximum absolute atomic E-state index is 13.9. The summed E-state index contributed by atoms with van der Waals surface area (Å²) in [5.41, 5.74) is 6.95. The summed E-state index contributed by atoms with van der Waals surface area (Å²) in [6.45, 7) is 5.21. The van der Waals surface area contributed by atoms with E-state index in [2.05, 4.69) is 35.5 Å². The number of piperidine rings is 2. The van der Waals surface area contributed by atoms with Crippen molar-refractivity contribution in [1.82, 2.24) is 25.0 Å². The first-order valence-corrected chi connectivity index (χ1v) is 14.5. The highest BCUT2D eigenvalue weighted by Crippen LogP contribution is 2.37. The Balaban J connectivity index is 1.27. The zero-order valence-electron chi connectivity index (χ0n) is 22.8. The molecule has 5 saturated heterocycles. The van der Waals surface area contributed by atoms with Crippen molar-refractivity contribution >= 4 is 34.8 Å². The van der Waals surface area contributed by atoms with Crippen LogP contribution in [0.15, 0.2) is 17.6 Å². The largest absolute Gasteiger partial charge is 0.369 e. The van der Waals surface area contributed by atoms with Crippen molar-refractivity contribution < 1.29 is 14.0 Å². The number of aromatic nitrogens is 1. The lowest BCUT2D eigenvalue weighted by Crippen LogP contribution is -2.62. The van der Waals surface area contributed by atoms with Gasteiger partial charge in [-0.1, -0.05) is 16.8 Å². The fourth-order valence-corrected chi connectivity index (χ4v) is 6.94. The topological polar surface area (TPSA) is 140 Å². The van der Waals surface area contributed by atoms with E-state index in [1.165, 1.54) is 12.4 Å². The van der Waals surface area contributed by atoms with E-state index >= 15 is 0 Å². The molecule has 0 radical (unpaired) electrons. The summed E-state index contributed by atoms with van der Waals surface area (Å²) in [6, 6.07) is 0.342. The molecule has 5 aliphatic rings. The summed E-state index contributed by atoms with van der Waals surface area (Å²) in [5, 5.41) is 9.10. The van der Waals surface area contributed by atoms with Gasteiger partial charge in [-0.3, -0.25) is 24.8 Å². The van der Waals surface area contributed by atoms with Gasteiger partial charge in [0.05, 0.1) is 28.8 Å². The minimum atomic E-state index is -1.35. The van der Waals surface area contributed by atoms with Crippen LogP contribution in [-0.4, -0.2) is 115 Å². The van der Waals surface area contributed by atoms with Crippen LogP contribution < -0.4 is 21.3 Å². The number of amides is 2. The highest BCUT2D eigenvalue weighted by atomic mass is 35.5. The first kappa shape index (κ1) is 29.1. The highest BCUT2D eigenvalue weighted by Gasteiger charge is 2.41. The number of pyridine rings is 1. The number of rotatable bonds is 7. The van der Waals surface area contributed by atoms with E-state index < -0.39 is 30.3 Å². The number of hydrogen-bond donors (Lipinski definition) is 3. The van der Waals surface area contributed by atoms with Crippen molar-refractivity contribution in [2.24, 2.45) is 22.7 Å². The molecule has 6 heterocycles. The third kappa shape index (κ3) is 6.08. The van der Waals surface area contributed by atoms with Gasteiger partial charge < -0.3 is 25.8 Å². The Labute approximate surface area is 238 Å². The fraction of sp³-hybridized carbons (Fsp3) is 0.731. The molecule has 0 aromatic carbocycles. The predicted molar refractivity (Wildman–Crippen MR) is 151 cm³/mol. The summed E-state index contributed by atoms with van der Waals surface area (Å²) in [7, 11) is 1.66. The molecule has 6 rings (SSSR count). The normalized spacial score (nSPS) is 29.5. The van der Waals surface area contributed by atoms with E-state index in [0.29, 0.717) is 48.4 Å². The first-order chi connectivity index (χ1) is 19.3. The van der Waals surface area contributed by atoms with Gasteiger partial charge in [0.25, 0.3) is 0 Å². The van der Waals surface area contributed by atoms with Crippen LogP contribution in [0.2, 0.25) is 5.02 Å². The van der Waals surface area contributed by atoms with Crippen LogP contribution in [0.5, 0.6) is 0 Å². The molecule has 40 heavy (non-hydrogen) atoms. The lowest BCUT2D eigenvalue weighted by atomic mass is 9.93. The molecule has 0 aliphatic carbocycles. The van der Waals surface area contributed by atoms with Crippen LogP contribution in [0.25, 0.3) is 0 Å². The van der Waals surface area contributed by atoms with E-state index in [-0.39, 0.29) is 24.9 Å². The van der Waals surface area contributed by atoms with E-state index in [0.717, 1.165) is 39.0 Å². The second kappa shape index (κ2) is 12.6. The number of hydrogen-bond acceptors (Lipinski definition) is 10. The standard InChI is InChI=1S/C26H39ClFN9O3/c1-34-15-17(28)12-31-24(34)21(23(29)33-40)25(38)32-20-14-30-13-19(27)22(20)36-8-2-16(3-9-36)26(39)37-11-10-35-6-4-18(37)5-7-35/h13-14,16-18,21,23-24,31H,2-12,15,29H2,1H3,(H,32,38). The highest BCUT2D eigenvalue weighted by molar-refractivity contribution is 6.34. The van der Waals surface area contributed by atoms with E-state index in [1.807, 2.05) is 0 Å². The smallest absolute Gasteiger partial charge is 0.234 e. The molecule has 5 aliphatic heterocycles. The quantitative estimate of drug-likeness (QED) is 0.405. The molecule has 14 heteroatoms. The Kier molecular flexibility index (Phi) is 9.15. The average Bonchev–Trinajstić information content (AvgIpc) is 3.28. The SMILES string of the molecule is CN1CC(F)CNC1C(C(=O)Nc1cncc(Cl)c1N1CCC(C(=O)N2CCN3CCC2CC3)CC1)C(N)N=O. The van der Waals surface area contributed by atoms with E-state index in [4.69, 9.17) is 17.3 Å². The maximum atomic E-state index is 13.9. The molecular formula is C26H39ClFN9O3. The van der Waals surface area contributed by atoms with E-state index in [1.54, 1.807) is 11.9 Å². The number of carbonyl (C=O) groups excluding carboxylic acids is 2. The summed E-state index contributed by atoms with van der Waals surface area (Å²) in [4.78, 5) is 50.8. The maximum Gasteiger partial charge on any atom is 0.234 e. The second-order valence-electron chi connectivity index (χ2n) is 11.4. The van der Waals surface area contributed by atoms with Gasteiger partial charge in [-0.25, -0.2) is 4.39 Å². The number of anilines is 2. The Morgan fingerprint density at radius 2 is 1.88 bits per heavy atom. The monoisotopic (exact) mass is 579 g/mol. The zero-order valence-corrected chi connectivity index (χ0v) is 23.6. The first-order valence-electron chi connectivity index (χ1n) is 14.1. The number of nitrogens with one attached hydrogen (secondary N) is 2. The molecule has 220 valence electrons. The molecule has 2 amide bonds. The number of halogens is 2. The molecule has 1 aromatic heterocycles. The van der Waals surface area contributed by atoms with Crippen molar-refractivity contribution in [3.8, 4) is 0 Å². The number of nitroso groups, excluding NO2 is 1. The second-order valence-corrected chi connectivity index (χ2v) is 11.8. The number of fused-ring (bicyclic) bond motifs is 4. The van der Waals surface area contributed by atoms with Gasteiger partial charge in [0.1, 0.15) is 12.1 Å². The molecule has 5 fully saturated rings. The van der Waals surface area contributed by atoms with Gasteiger partial charge in [0.2, 0.25) is 11.8 Å². The fourth-order valence-electron chi connectivity index (χ4n) is 6.67. The zero-order chi connectivity index (χ0) is 28.4. The lowest BCUT2D eigenvalue weighted by molar-refractivity contribution is -0.138. The molecule has 4 atom stereocenters. The summed E-state index contributed by atoms with van der Waals surface area (Å²) >= 11 is 6.59. The molecule has 0 spiro atoms. The third-order valence-electron chi connectivity index (χ3n) is 8.87. The minimum absolute atomic E-state index is 0.0401. The van der Waals surface area contributed by atoms with Gasteiger partial charge in [-0.15, -0.1) is 4.91 Å². The van der Waals surface area contributed by atoms with Gasteiger partial charge in [-0.2, -0.15) is 0 Å². The van der Waals surface area contributed by atoms with Crippen molar-refractivity contribution in [2.75, 3.05) is 69.6 Å². The van der Waals surface area contributed by atoms with Crippen molar-refractivity contribution in [3.05, 3.63) is 22.3 Å². The van der Waals surface area contributed by atoms with Crippen LogP contribution >= 0.6 is 11.6 Å². The van der Waals surface area contributed by atoms with Crippen LogP contribution in [0, 0.1) is 16.7 Å². The van der Waals surface area contributed by atoms with Crippen LogP contribution in [0.4, 0.5) is 15.8 Å². The molecule has 12 nitrogen and oxygen atoms in total. The molecule has 4 unspecified atom stereocenters. The molecular weight excluding hydrogens is 541 g/mol. The third-order valence-corrected chi connectivity index (χ3v) is 9.15. The Morgan fingerprint density at radius 1 is 1.15 bits per heavy atom. The predicted octanol–water partition coefficient (Wildman–Crippen LogP) is 1.06. The van der Waals surface area contributed by atoms with Crippen molar-refractivity contribution in [3.63, 3.8) is 0 Å². The Morgan fingerprint density at radius 3 is 2.55 bits per heavy atom. The van der Waals surface area contributed by atoms with Crippen molar-refractivity contribution in [1.29, 1.82) is 0 Å².